The number of urea groups is 1. The van der Waals surface area contributed by atoms with Crippen LogP contribution in [0.25, 0.3) is 5.82 Å². The predicted octanol–water partition coefficient (Wildman–Crippen LogP) is 1.84. The summed E-state index contributed by atoms with van der Waals surface area (Å²) in [4.78, 5) is 47.1. The summed E-state index contributed by atoms with van der Waals surface area (Å²) in [6.07, 6.45) is 9.63. The molecule has 9 nitrogen and oxygen atoms in total. The lowest BCUT2D eigenvalue weighted by atomic mass is 9.82. The average Bonchev–Trinajstić information content (AvgIpc) is 3.27. The smallest absolute Gasteiger partial charge is 0.325 e. The number of imide groups is 1. The van der Waals surface area contributed by atoms with E-state index in [1.807, 2.05) is 29.8 Å². The molecule has 0 unspecified atom stereocenters. The quantitative estimate of drug-likeness (QED) is 0.706. The van der Waals surface area contributed by atoms with E-state index in [2.05, 4.69) is 20.6 Å². The van der Waals surface area contributed by atoms with Gasteiger partial charge in [0.25, 0.3) is 5.91 Å². The Labute approximate surface area is 174 Å². The highest BCUT2D eigenvalue weighted by molar-refractivity contribution is 6.07. The first kappa shape index (κ1) is 20.1. The summed E-state index contributed by atoms with van der Waals surface area (Å²) in [6.45, 7) is 2.32. The van der Waals surface area contributed by atoms with Crippen molar-refractivity contribution in [2.24, 2.45) is 0 Å². The van der Waals surface area contributed by atoms with Gasteiger partial charge in [-0.2, -0.15) is 0 Å². The largest absolute Gasteiger partial charge is 0.352 e. The minimum Gasteiger partial charge on any atom is -0.352 e. The third-order valence-electron chi connectivity index (χ3n) is 5.89. The molecule has 4 rings (SSSR count). The molecule has 2 aliphatic rings. The summed E-state index contributed by atoms with van der Waals surface area (Å²) in [5.74, 6) is 1.16. The van der Waals surface area contributed by atoms with Crippen molar-refractivity contribution >= 4 is 17.8 Å². The van der Waals surface area contributed by atoms with Gasteiger partial charge in [0, 0.05) is 38.1 Å². The molecule has 158 valence electrons. The topological polar surface area (TPSA) is 109 Å². The molecule has 4 amide bonds. The normalized spacial score (nSPS) is 18.0. The maximum atomic E-state index is 12.8. The van der Waals surface area contributed by atoms with Gasteiger partial charge in [-0.05, 0) is 37.5 Å². The van der Waals surface area contributed by atoms with Crippen molar-refractivity contribution in [2.45, 2.75) is 57.5 Å². The van der Waals surface area contributed by atoms with E-state index in [1.54, 1.807) is 12.4 Å². The molecule has 2 aromatic rings. The van der Waals surface area contributed by atoms with Crippen molar-refractivity contribution < 1.29 is 14.4 Å². The zero-order chi connectivity index (χ0) is 21.1. The SMILES string of the molecule is Cc1nccn1-c1cc(CNC(=O)CCN2C(=O)NC3(CCCCC3)C2=O)ccn1. The zero-order valence-corrected chi connectivity index (χ0v) is 17.1. The molecule has 1 aliphatic carbocycles. The second-order valence-corrected chi connectivity index (χ2v) is 7.92. The van der Waals surface area contributed by atoms with Gasteiger partial charge in [-0.3, -0.25) is 19.1 Å². The number of rotatable bonds is 6. The van der Waals surface area contributed by atoms with E-state index in [-0.39, 0.29) is 30.8 Å². The van der Waals surface area contributed by atoms with E-state index in [9.17, 15) is 14.4 Å². The van der Waals surface area contributed by atoms with E-state index in [0.29, 0.717) is 19.4 Å². The lowest BCUT2D eigenvalue weighted by Crippen LogP contribution is -2.48. The van der Waals surface area contributed by atoms with Crippen LogP contribution in [0.3, 0.4) is 0 Å². The van der Waals surface area contributed by atoms with E-state index in [4.69, 9.17) is 0 Å². The van der Waals surface area contributed by atoms with Crippen molar-refractivity contribution in [3.63, 3.8) is 0 Å². The molecule has 2 fully saturated rings. The van der Waals surface area contributed by atoms with Crippen molar-refractivity contribution in [2.75, 3.05) is 6.54 Å². The second-order valence-electron chi connectivity index (χ2n) is 7.92. The molecule has 0 atom stereocenters. The lowest BCUT2D eigenvalue weighted by Gasteiger charge is -2.30. The van der Waals surface area contributed by atoms with Gasteiger partial charge in [0.15, 0.2) is 0 Å². The third kappa shape index (κ3) is 3.92. The number of pyridine rings is 1. The van der Waals surface area contributed by atoms with Gasteiger partial charge in [-0.1, -0.05) is 19.3 Å². The standard InChI is InChI=1S/C21H26N6O3/c1-15-22-10-12-26(15)17-13-16(5-9-23-17)14-24-18(28)6-11-27-19(29)21(25-20(27)30)7-3-2-4-8-21/h5,9-10,12-13H,2-4,6-8,11,14H2,1H3,(H,24,28)(H,25,30). The third-order valence-corrected chi connectivity index (χ3v) is 5.89. The van der Waals surface area contributed by atoms with Crippen molar-refractivity contribution in [3.05, 3.63) is 42.1 Å². The number of amides is 4. The fourth-order valence-corrected chi connectivity index (χ4v) is 4.20. The fourth-order valence-electron chi connectivity index (χ4n) is 4.20. The Kier molecular flexibility index (Phi) is 5.52. The molecule has 0 radical (unpaired) electrons. The highest BCUT2D eigenvalue weighted by Gasteiger charge is 2.50. The molecule has 0 bridgehead atoms. The molecule has 2 aromatic heterocycles. The van der Waals surface area contributed by atoms with Gasteiger partial charge >= 0.3 is 6.03 Å². The summed E-state index contributed by atoms with van der Waals surface area (Å²) in [6, 6.07) is 3.34. The maximum absolute atomic E-state index is 12.8. The van der Waals surface area contributed by atoms with Crippen LogP contribution >= 0.6 is 0 Å². The monoisotopic (exact) mass is 410 g/mol. The lowest BCUT2D eigenvalue weighted by molar-refractivity contribution is -0.132. The van der Waals surface area contributed by atoms with Crippen LogP contribution < -0.4 is 10.6 Å². The molecule has 0 aromatic carbocycles. The fraction of sp³-hybridized carbons (Fsp3) is 0.476. The predicted molar refractivity (Wildman–Crippen MR) is 109 cm³/mol. The van der Waals surface area contributed by atoms with Gasteiger partial charge in [0.1, 0.15) is 17.2 Å². The summed E-state index contributed by atoms with van der Waals surface area (Å²) < 4.78 is 1.87. The van der Waals surface area contributed by atoms with Crippen LogP contribution in [0.1, 0.15) is 49.9 Å². The van der Waals surface area contributed by atoms with Crippen LogP contribution in [0.5, 0.6) is 0 Å². The van der Waals surface area contributed by atoms with Crippen molar-refractivity contribution in [1.82, 2.24) is 30.1 Å². The zero-order valence-electron chi connectivity index (χ0n) is 17.1. The Bertz CT molecular complexity index is 963. The van der Waals surface area contributed by atoms with Gasteiger partial charge in [-0.15, -0.1) is 0 Å². The number of nitrogens with one attached hydrogen (secondary N) is 2. The molecule has 1 spiro atoms. The molecule has 9 heteroatoms. The molecule has 1 saturated carbocycles. The first-order valence-corrected chi connectivity index (χ1v) is 10.3. The molecule has 1 aliphatic heterocycles. The molecule has 30 heavy (non-hydrogen) atoms. The van der Waals surface area contributed by atoms with E-state index in [0.717, 1.165) is 36.5 Å². The second kappa shape index (κ2) is 8.25. The van der Waals surface area contributed by atoms with Gasteiger partial charge < -0.3 is 10.6 Å². The van der Waals surface area contributed by atoms with E-state index >= 15 is 0 Å². The number of imidazole rings is 1. The van der Waals surface area contributed by atoms with Crippen LogP contribution in [-0.2, 0) is 16.1 Å². The van der Waals surface area contributed by atoms with Crippen LogP contribution in [0.15, 0.2) is 30.7 Å². The summed E-state index contributed by atoms with van der Waals surface area (Å²) >= 11 is 0. The summed E-state index contributed by atoms with van der Waals surface area (Å²) in [5.41, 5.74) is 0.155. The van der Waals surface area contributed by atoms with Gasteiger partial charge in [0.05, 0.1) is 0 Å². The molecule has 1 saturated heterocycles. The Morgan fingerprint density at radius 2 is 2.00 bits per heavy atom. The minimum atomic E-state index is -0.745. The van der Waals surface area contributed by atoms with Crippen LogP contribution in [-0.4, -0.2) is 49.4 Å². The van der Waals surface area contributed by atoms with Crippen LogP contribution in [0.2, 0.25) is 0 Å². The number of aryl methyl sites for hydroxylation is 1. The number of hydrogen-bond donors (Lipinski definition) is 2. The number of carbonyl (C=O) groups excluding carboxylic acids is 3. The number of aromatic nitrogens is 3. The number of carbonyl (C=O) groups is 3. The molecule has 2 N–H and O–H groups in total. The van der Waals surface area contributed by atoms with Crippen LogP contribution in [0.4, 0.5) is 4.79 Å². The van der Waals surface area contributed by atoms with Crippen LogP contribution in [0, 0.1) is 6.92 Å². The van der Waals surface area contributed by atoms with Crippen molar-refractivity contribution in [1.29, 1.82) is 0 Å². The average molecular weight is 410 g/mol. The first-order chi connectivity index (χ1) is 14.5. The Hall–Kier alpha value is -3.23. The Morgan fingerprint density at radius 3 is 2.73 bits per heavy atom. The minimum absolute atomic E-state index is 0.0772. The van der Waals surface area contributed by atoms with E-state index in [1.165, 1.54) is 4.90 Å². The van der Waals surface area contributed by atoms with Gasteiger partial charge in [0.2, 0.25) is 5.91 Å². The Morgan fingerprint density at radius 1 is 1.20 bits per heavy atom. The van der Waals surface area contributed by atoms with Gasteiger partial charge in [-0.25, -0.2) is 14.8 Å². The number of nitrogens with zero attached hydrogens (tertiary/aromatic N) is 4. The number of hydrogen-bond acceptors (Lipinski definition) is 5. The highest BCUT2D eigenvalue weighted by Crippen LogP contribution is 2.33. The summed E-state index contributed by atoms with van der Waals surface area (Å²) in [7, 11) is 0. The van der Waals surface area contributed by atoms with E-state index < -0.39 is 5.54 Å². The van der Waals surface area contributed by atoms with Crippen molar-refractivity contribution in [3.8, 4) is 5.82 Å². The molecule has 3 heterocycles. The molecular weight excluding hydrogens is 384 g/mol. The Balaban J connectivity index is 1.30. The summed E-state index contributed by atoms with van der Waals surface area (Å²) in [5, 5.41) is 5.72. The highest BCUT2D eigenvalue weighted by atomic mass is 16.2. The first-order valence-electron chi connectivity index (χ1n) is 10.3. The maximum Gasteiger partial charge on any atom is 0.325 e. The molecular formula is C21H26N6O3.